The van der Waals surface area contributed by atoms with E-state index in [0.29, 0.717) is 4.47 Å². The highest BCUT2D eigenvalue weighted by Gasteiger charge is 2.41. The summed E-state index contributed by atoms with van der Waals surface area (Å²) in [6.45, 7) is 3.49. The Bertz CT molecular complexity index is 1540. The molecule has 0 fully saturated rings. The summed E-state index contributed by atoms with van der Waals surface area (Å²) in [5, 5.41) is 11.4. The van der Waals surface area contributed by atoms with E-state index >= 15 is 0 Å². The van der Waals surface area contributed by atoms with Crippen molar-refractivity contribution in [3.63, 3.8) is 0 Å². The maximum atomic E-state index is 15.0. The third kappa shape index (κ3) is 4.58. The number of aromatic nitrogens is 1. The molecule has 3 heterocycles. The molecular formula is C27H20ClF4N3O2S. The van der Waals surface area contributed by atoms with Crippen molar-refractivity contribution in [1.29, 1.82) is 0 Å². The van der Waals surface area contributed by atoms with Crippen molar-refractivity contribution < 1.29 is 27.5 Å². The summed E-state index contributed by atoms with van der Waals surface area (Å²) in [6.07, 6.45) is 1.60. The fraction of sp³-hybridized carbons (Fsp3) is 0.185. The molecule has 0 saturated carbocycles. The van der Waals surface area contributed by atoms with Gasteiger partial charge in [0.2, 0.25) is 5.88 Å². The maximum absolute atomic E-state index is 15.0. The summed E-state index contributed by atoms with van der Waals surface area (Å²) >= 11 is 7.23. The number of hydrogen-bond donors (Lipinski definition) is 1. The van der Waals surface area contributed by atoms with Crippen LogP contribution in [0.4, 0.5) is 17.6 Å². The highest BCUT2D eigenvalue weighted by molar-refractivity contribution is 7.15. The summed E-state index contributed by atoms with van der Waals surface area (Å²) in [4.78, 5) is 21.5. The molecule has 2 aliphatic rings. The van der Waals surface area contributed by atoms with Gasteiger partial charge in [-0.15, -0.1) is 11.3 Å². The summed E-state index contributed by atoms with van der Waals surface area (Å²) < 4.78 is 54.8. The zero-order valence-corrected chi connectivity index (χ0v) is 21.6. The number of hydrogen-bond acceptors (Lipinski definition) is 5. The first-order valence-corrected chi connectivity index (χ1v) is 12.6. The van der Waals surface area contributed by atoms with Crippen LogP contribution in [0.5, 0.6) is 0 Å². The van der Waals surface area contributed by atoms with Crippen molar-refractivity contribution in [1.82, 2.24) is 14.8 Å². The first kappa shape index (κ1) is 26.0. The number of fused-ring (bicyclic) bond motifs is 1. The molecule has 38 heavy (non-hydrogen) atoms. The first-order valence-electron chi connectivity index (χ1n) is 11.4. The predicted molar refractivity (Wildman–Crippen MR) is 137 cm³/mol. The molecule has 0 aliphatic carbocycles. The lowest BCUT2D eigenvalue weighted by Crippen LogP contribution is -2.53. The van der Waals surface area contributed by atoms with Crippen molar-refractivity contribution in [3.05, 3.63) is 104 Å². The zero-order valence-electron chi connectivity index (χ0n) is 20.1. The van der Waals surface area contributed by atoms with Gasteiger partial charge in [-0.3, -0.25) is 9.69 Å². The van der Waals surface area contributed by atoms with E-state index in [1.165, 1.54) is 41.4 Å². The first-order chi connectivity index (χ1) is 18.0. The normalized spacial score (nSPS) is 17.7. The molecule has 5 rings (SSSR count). The van der Waals surface area contributed by atoms with Gasteiger partial charge in [0.25, 0.3) is 5.91 Å². The van der Waals surface area contributed by atoms with Crippen LogP contribution < -0.4 is 0 Å². The largest absolute Gasteiger partial charge is 0.494 e. The Hall–Kier alpha value is -3.63. The molecule has 0 saturated heterocycles. The standard InChI is InChI=1S/C27H20ClF4N3O2S/c1-14-4-3-9-34-23(14)35(13-18-12-33-26(28)38-18)25(37)22(24(34)36)16-5-8-21(29)20(11-16)19-7-6-17(10-15(19)2)27(30,31)32/h3-12,23,37H,13H2,1-2H3. The number of aliphatic hydroxyl groups excluding tert-OH is 1. The number of alkyl halides is 3. The van der Waals surface area contributed by atoms with Crippen LogP contribution >= 0.6 is 22.9 Å². The lowest BCUT2D eigenvalue weighted by Gasteiger charge is -2.44. The van der Waals surface area contributed by atoms with Crippen LogP contribution in [-0.2, 0) is 17.5 Å². The maximum Gasteiger partial charge on any atom is 0.416 e. The van der Waals surface area contributed by atoms with Gasteiger partial charge < -0.3 is 10.0 Å². The van der Waals surface area contributed by atoms with Crippen LogP contribution in [0.25, 0.3) is 16.7 Å². The fourth-order valence-electron chi connectivity index (χ4n) is 4.70. The molecule has 1 N–H and O–H groups in total. The average molecular weight is 562 g/mol. The Morgan fingerprint density at radius 1 is 1.13 bits per heavy atom. The highest BCUT2D eigenvalue weighted by atomic mass is 35.5. The van der Waals surface area contributed by atoms with E-state index in [0.717, 1.165) is 28.6 Å². The van der Waals surface area contributed by atoms with Crippen LogP contribution in [0.3, 0.4) is 0 Å². The van der Waals surface area contributed by atoms with Gasteiger partial charge in [0.05, 0.1) is 12.1 Å². The summed E-state index contributed by atoms with van der Waals surface area (Å²) in [6, 6.07) is 6.90. The SMILES string of the molecule is CC1=CC=CN2C(=O)C(c3ccc(F)c(-c4ccc(C(F)(F)F)cc4C)c3)=C(O)N(Cc3cnc(Cl)s3)C12. The van der Waals surface area contributed by atoms with Crippen molar-refractivity contribution >= 4 is 34.4 Å². The van der Waals surface area contributed by atoms with Gasteiger partial charge in [0, 0.05) is 22.8 Å². The van der Waals surface area contributed by atoms with E-state index in [1.807, 2.05) is 13.0 Å². The van der Waals surface area contributed by atoms with Gasteiger partial charge in [0.1, 0.15) is 17.6 Å². The third-order valence-corrected chi connectivity index (χ3v) is 7.57. The molecular weight excluding hydrogens is 542 g/mol. The van der Waals surface area contributed by atoms with E-state index in [2.05, 4.69) is 4.98 Å². The lowest BCUT2D eigenvalue weighted by atomic mass is 9.93. The van der Waals surface area contributed by atoms with Gasteiger partial charge in [-0.1, -0.05) is 29.8 Å². The Morgan fingerprint density at radius 3 is 2.55 bits per heavy atom. The lowest BCUT2D eigenvalue weighted by molar-refractivity contribution is -0.137. The monoisotopic (exact) mass is 561 g/mol. The summed E-state index contributed by atoms with van der Waals surface area (Å²) in [7, 11) is 0. The Kier molecular flexibility index (Phi) is 6.56. The van der Waals surface area contributed by atoms with E-state index in [-0.39, 0.29) is 40.3 Å². The molecule has 2 aliphatic heterocycles. The minimum absolute atomic E-state index is 0.00926. The molecule has 0 radical (unpaired) electrons. The molecule has 5 nitrogen and oxygen atoms in total. The van der Waals surface area contributed by atoms with Gasteiger partial charge >= 0.3 is 6.18 Å². The molecule has 196 valence electrons. The molecule has 0 spiro atoms. The van der Waals surface area contributed by atoms with Gasteiger partial charge in [-0.05, 0) is 66.5 Å². The molecule has 1 aromatic heterocycles. The Morgan fingerprint density at radius 2 is 1.89 bits per heavy atom. The molecule has 1 amide bonds. The van der Waals surface area contributed by atoms with E-state index in [4.69, 9.17) is 11.6 Å². The molecule has 2 aromatic carbocycles. The fourth-order valence-corrected chi connectivity index (χ4v) is 5.68. The second-order valence-corrected chi connectivity index (χ2v) is 10.7. The molecule has 3 aromatic rings. The number of nitrogens with zero attached hydrogens (tertiary/aromatic N) is 3. The molecule has 11 heteroatoms. The highest BCUT2D eigenvalue weighted by Crippen LogP contribution is 2.39. The van der Waals surface area contributed by atoms with Crippen molar-refractivity contribution in [3.8, 4) is 11.1 Å². The van der Waals surface area contributed by atoms with E-state index in [1.54, 1.807) is 23.4 Å². The minimum atomic E-state index is -4.54. The predicted octanol–water partition coefficient (Wildman–Crippen LogP) is 7.30. The van der Waals surface area contributed by atoms with Crippen molar-refractivity contribution in [2.24, 2.45) is 0 Å². The number of carbonyl (C=O) groups is 1. The number of halogens is 5. The zero-order chi connectivity index (χ0) is 27.4. The van der Waals surface area contributed by atoms with Crippen molar-refractivity contribution in [2.75, 3.05) is 0 Å². The quantitative estimate of drug-likeness (QED) is 0.340. The van der Waals surface area contributed by atoms with Crippen LogP contribution in [0.1, 0.15) is 28.5 Å². The van der Waals surface area contributed by atoms with E-state index in [9.17, 15) is 27.5 Å². The van der Waals surface area contributed by atoms with Gasteiger partial charge in [0.15, 0.2) is 4.47 Å². The molecule has 1 unspecified atom stereocenters. The number of amides is 1. The van der Waals surface area contributed by atoms with Crippen LogP contribution in [0.15, 0.2) is 72.4 Å². The van der Waals surface area contributed by atoms with Gasteiger partial charge in [-0.25, -0.2) is 9.37 Å². The smallest absolute Gasteiger partial charge is 0.416 e. The molecule has 0 bridgehead atoms. The van der Waals surface area contributed by atoms with Crippen LogP contribution in [-0.4, -0.2) is 32.0 Å². The van der Waals surface area contributed by atoms with E-state index < -0.39 is 29.6 Å². The number of aryl methyl sites for hydroxylation is 1. The number of benzene rings is 2. The average Bonchev–Trinajstić information content (AvgIpc) is 3.27. The van der Waals surface area contributed by atoms with Crippen LogP contribution in [0.2, 0.25) is 4.47 Å². The third-order valence-electron chi connectivity index (χ3n) is 6.47. The molecule has 1 atom stereocenters. The second kappa shape index (κ2) is 9.59. The number of thiazole rings is 1. The minimum Gasteiger partial charge on any atom is -0.494 e. The Labute approximate surface area is 224 Å². The van der Waals surface area contributed by atoms with Gasteiger partial charge in [-0.2, -0.15) is 13.2 Å². The number of carbonyl (C=O) groups excluding carboxylic acids is 1. The van der Waals surface area contributed by atoms with Crippen LogP contribution in [0, 0.1) is 12.7 Å². The number of allylic oxidation sites excluding steroid dienone is 2. The summed E-state index contributed by atoms with van der Waals surface area (Å²) in [5.41, 5.74) is 0.580. The summed E-state index contributed by atoms with van der Waals surface area (Å²) in [5.74, 6) is -1.49. The topological polar surface area (TPSA) is 56.7 Å². The second-order valence-electron chi connectivity index (χ2n) is 8.97. The number of rotatable bonds is 4. The Balaban J connectivity index is 1.63. The van der Waals surface area contributed by atoms with Crippen molar-refractivity contribution in [2.45, 2.75) is 32.7 Å². The number of aliphatic hydroxyl groups is 1.